The van der Waals surface area contributed by atoms with Crippen molar-refractivity contribution in [3.05, 3.63) is 58.6 Å². The number of hydrogen-bond donors (Lipinski definition) is 0. The molecule has 0 N–H and O–H groups in total. The monoisotopic (exact) mass is 390 g/mol. The van der Waals surface area contributed by atoms with Crippen molar-refractivity contribution in [3.8, 4) is 0 Å². The number of thioether (sulfide) groups is 1. The molecule has 26 heavy (non-hydrogen) atoms. The van der Waals surface area contributed by atoms with Gasteiger partial charge in [-0.2, -0.15) is 4.99 Å². The fourth-order valence-electron chi connectivity index (χ4n) is 2.65. The topological polar surface area (TPSA) is 43.6 Å². The van der Waals surface area contributed by atoms with Gasteiger partial charge in [0, 0.05) is 18.0 Å². The highest BCUT2D eigenvalue weighted by Crippen LogP contribution is 2.22. The zero-order chi connectivity index (χ0) is 18.5. The van der Waals surface area contributed by atoms with E-state index in [0.29, 0.717) is 35.6 Å². The van der Waals surface area contributed by atoms with Crippen LogP contribution >= 0.6 is 23.1 Å². The van der Waals surface area contributed by atoms with E-state index in [1.54, 1.807) is 16.7 Å². The average molecular weight is 391 g/mol. The third-order valence-electron chi connectivity index (χ3n) is 3.85. The molecule has 0 aliphatic heterocycles. The summed E-state index contributed by atoms with van der Waals surface area (Å²) >= 11 is 2.80. The van der Waals surface area contributed by atoms with Gasteiger partial charge in [-0.1, -0.05) is 29.5 Å². The van der Waals surface area contributed by atoms with E-state index in [-0.39, 0.29) is 11.7 Å². The number of ether oxygens (including phenoxy) is 1. The smallest absolute Gasteiger partial charge is 0.280 e. The number of halogens is 1. The van der Waals surface area contributed by atoms with Crippen LogP contribution in [0.1, 0.15) is 17.3 Å². The Morgan fingerprint density at radius 3 is 2.85 bits per heavy atom. The average Bonchev–Trinajstić information content (AvgIpc) is 3.00. The molecule has 3 aromatic rings. The van der Waals surface area contributed by atoms with Gasteiger partial charge in [-0.05, 0) is 37.4 Å². The van der Waals surface area contributed by atoms with Crippen molar-refractivity contribution < 1.29 is 13.9 Å². The van der Waals surface area contributed by atoms with Crippen molar-refractivity contribution in [2.24, 2.45) is 4.99 Å². The second kappa shape index (κ2) is 8.62. The minimum absolute atomic E-state index is 0.325. The van der Waals surface area contributed by atoms with Gasteiger partial charge >= 0.3 is 0 Å². The van der Waals surface area contributed by atoms with Gasteiger partial charge in [-0.25, -0.2) is 4.39 Å². The normalized spacial score (nSPS) is 12.0. The van der Waals surface area contributed by atoms with Crippen molar-refractivity contribution in [1.29, 1.82) is 0 Å². The van der Waals surface area contributed by atoms with Crippen LogP contribution in [0.4, 0.5) is 4.39 Å². The number of carbonyl (C=O) groups is 1. The molecule has 1 aromatic heterocycles. The van der Waals surface area contributed by atoms with E-state index in [1.165, 1.54) is 29.2 Å². The molecule has 136 valence electrons. The molecule has 0 radical (unpaired) electrons. The first-order valence-electron chi connectivity index (χ1n) is 8.23. The van der Waals surface area contributed by atoms with E-state index >= 15 is 0 Å². The number of rotatable bonds is 6. The third-order valence-corrected chi connectivity index (χ3v) is 5.69. The van der Waals surface area contributed by atoms with E-state index in [2.05, 4.69) is 4.99 Å². The SMILES string of the molecule is CCOCCn1c(=NC(=O)c2ccccc2SC)sc2cccc(F)c21. The maximum Gasteiger partial charge on any atom is 0.280 e. The summed E-state index contributed by atoms with van der Waals surface area (Å²) in [5.74, 6) is -0.652. The lowest BCUT2D eigenvalue weighted by Gasteiger charge is -2.06. The van der Waals surface area contributed by atoms with Gasteiger partial charge in [-0.3, -0.25) is 4.79 Å². The zero-order valence-corrected chi connectivity index (χ0v) is 16.2. The molecule has 0 aliphatic rings. The third kappa shape index (κ3) is 3.90. The van der Waals surface area contributed by atoms with E-state index in [1.807, 2.05) is 37.4 Å². The highest BCUT2D eigenvalue weighted by atomic mass is 32.2. The molecule has 4 nitrogen and oxygen atoms in total. The van der Waals surface area contributed by atoms with Gasteiger partial charge in [0.15, 0.2) is 4.80 Å². The van der Waals surface area contributed by atoms with Crippen LogP contribution in [0.5, 0.6) is 0 Å². The Hall–Kier alpha value is -1.96. The molecule has 3 rings (SSSR count). The number of para-hydroxylation sites is 1. The Labute approximate surface area is 159 Å². The number of carbonyl (C=O) groups excluding carboxylic acids is 1. The van der Waals surface area contributed by atoms with Crippen molar-refractivity contribution in [2.75, 3.05) is 19.5 Å². The first kappa shape index (κ1) is 18.8. The molecule has 0 saturated heterocycles. The Balaban J connectivity index is 2.11. The van der Waals surface area contributed by atoms with Gasteiger partial charge in [-0.15, -0.1) is 11.8 Å². The molecule has 0 unspecified atom stereocenters. The number of nitrogens with zero attached hydrogens (tertiary/aromatic N) is 2. The molecular formula is C19H19FN2O2S2. The molecule has 7 heteroatoms. The molecule has 1 amide bonds. The lowest BCUT2D eigenvalue weighted by atomic mass is 10.2. The van der Waals surface area contributed by atoms with Crippen LogP contribution in [0.25, 0.3) is 10.2 Å². The maximum absolute atomic E-state index is 14.4. The number of aromatic nitrogens is 1. The summed E-state index contributed by atoms with van der Waals surface area (Å²) in [4.78, 5) is 18.4. The zero-order valence-electron chi connectivity index (χ0n) is 14.6. The first-order chi connectivity index (χ1) is 12.7. The number of benzene rings is 2. The fourth-order valence-corrected chi connectivity index (χ4v) is 4.31. The largest absolute Gasteiger partial charge is 0.380 e. The predicted octanol–water partition coefficient (Wildman–Crippen LogP) is 4.34. The van der Waals surface area contributed by atoms with Crippen LogP contribution in [-0.4, -0.2) is 29.9 Å². The van der Waals surface area contributed by atoms with Gasteiger partial charge in [0.25, 0.3) is 5.91 Å². The molecule has 0 fully saturated rings. The maximum atomic E-state index is 14.4. The van der Waals surface area contributed by atoms with Crippen LogP contribution in [0.15, 0.2) is 52.4 Å². The van der Waals surface area contributed by atoms with Crippen LogP contribution < -0.4 is 4.80 Å². The van der Waals surface area contributed by atoms with Crippen molar-refractivity contribution in [3.63, 3.8) is 0 Å². The summed E-state index contributed by atoms with van der Waals surface area (Å²) in [7, 11) is 0. The van der Waals surface area contributed by atoms with Crippen molar-refractivity contribution >= 4 is 39.2 Å². The lowest BCUT2D eigenvalue weighted by Crippen LogP contribution is -2.20. The Morgan fingerprint density at radius 1 is 1.27 bits per heavy atom. The molecule has 0 aliphatic carbocycles. The van der Waals surface area contributed by atoms with E-state index in [4.69, 9.17) is 4.74 Å². The van der Waals surface area contributed by atoms with Crippen LogP contribution in [0.3, 0.4) is 0 Å². The van der Waals surface area contributed by atoms with E-state index in [9.17, 15) is 9.18 Å². The van der Waals surface area contributed by atoms with Gasteiger partial charge in [0.05, 0.1) is 22.4 Å². The quantitative estimate of drug-likeness (QED) is 0.464. The summed E-state index contributed by atoms with van der Waals surface area (Å²) in [6, 6.07) is 12.3. The van der Waals surface area contributed by atoms with E-state index in [0.717, 1.165) is 9.60 Å². The van der Waals surface area contributed by atoms with Crippen LogP contribution in [0, 0.1) is 5.82 Å². The fraction of sp³-hybridized carbons (Fsp3) is 0.263. The Morgan fingerprint density at radius 2 is 2.08 bits per heavy atom. The summed E-state index contributed by atoms with van der Waals surface area (Å²) in [6.45, 7) is 3.35. The number of thiazole rings is 1. The number of fused-ring (bicyclic) bond motifs is 1. The van der Waals surface area contributed by atoms with Crippen LogP contribution in [0.2, 0.25) is 0 Å². The summed E-state index contributed by atoms with van der Waals surface area (Å²) in [6.07, 6.45) is 1.92. The van der Waals surface area contributed by atoms with Gasteiger partial charge in [0.1, 0.15) is 5.82 Å². The minimum atomic E-state index is -0.327. The number of amides is 1. The van der Waals surface area contributed by atoms with Crippen LogP contribution in [-0.2, 0) is 11.3 Å². The second-order valence-corrected chi connectivity index (χ2v) is 7.29. The summed E-state index contributed by atoms with van der Waals surface area (Å²) < 4.78 is 22.3. The molecule has 0 spiro atoms. The minimum Gasteiger partial charge on any atom is -0.380 e. The lowest BCUT2D eigenvalue weighted by molar-refractivity contribution is 0.0994. The Kier molecular flexibility index (Phi) is 6.24. The molecule has 1 heterocycles. The molecule has 0 atom stereocenters. The molecular weight excluding hydrogens is 371 g/mol. The standard InChI is InChI=1S/C19H19FN2O2S2/c1-3-24-12-11-22-17-14(20)8-6-10-16(17)26-19(22)21-18(23)13-7-4-5-9-15(13)25-2/h4-10H,3,11-12H2,1-2H3. The molecule has 0 saturated carbocycles. The first-order valence-corrected chi connectivity index (χ1v) is 10.3. The highest BCUT2D eigenvalue weighted by molar-refractivity contribution is 7.98. The van der Waals surface area contributed by atoms with Crippen molar-refractivity contribution in [1.82, 2.24) is 4.57 Å². The second-order valence-electron chi connectivity index (χ2n) is 5.44. The summed E-state index contributed by atoms with van der Waals surface area (Å²) in [5, 5.41) is 0. The van der Waals surface area contributed by atoms with Crippen molar-refractivity contribution in [2.45, 2.75) is 18.4 Å². The van der Waals surface area contributed by atoms with Gasteiger partial charge in [0.2, 0.25) is 0 Å². The number of hydrogen-bond acceptors (Lipinski definition) is 4. The van der Waals surface area contributed by atoms with Gasteiger partial charge < -0.3 is 9.30 Å². The Bertz CT molecular complexity index is 995. The highest BCUT2D eigenvalue weighted by Gasteiger charge is 2.14. The predicted molar refractivity (Wildman–Crippen MR) is 104 cm³/mol. The molecule has 0 bridgehead atoms. The molecule has 2 aromatic carbocycles. The summed E-state index contributed by atoms with van der Waals surface area (Å²) in [5.41, 5.74) is 1.01. The van der Waals surface area contributed by atoms with E-state index < -0.39 is 0 Å².